The zero-order valence-electron chi connectivity index (χ0n) is 15.2. The SMILES string of the molecule is CC(C)(C(=O)Nc1ccc(OCC(=O)O)cc1)c1ccc2c(c1)OCCO2. The molecule has 0 aromatic heterocycles. The molecule has 2 N–H and O–H groups in total. The van der Waals surface area contributed by atoms with Crippen molar-refractivity contribution < 1.29 is 28.9 Å². The van der Waals surface area contributed by atoms with Crippen molar-refractivity contribution in [3.8, 4) is 17.2 Å². The van der Waals surface area contributed by atoms with Gasteiger partial charge in [-0.15, -0.1) is 0 Å². The number of aliphatic carboxylic acids is 1. The van der Waals surface area contributed by atoms with Crippen molar-refractivity contribution in [3.63, 3.8) is 0 Å². The Hall–Kier alpha value is -3.22. The summed E-state index contributed by atoms with van der Waals surface area (Å²) in [4.78, 5) is 23.3. The fourth-order valence-electron chi connectivity index (χ4n) is 2.63. The first-order chi connectivity index (χ1) is 12.9. The van der Waals surface area contributed by atoms with E-state index in [1.807, 2.05) is 32.0 Å². The number of carboxylic acids is 1. The number of carbonyl (C=O) groups excluding carboxylic acids is 1. The highest BCUT2D eigenvalue weighted by atomic mass is 16.6. The fourth-order valence-corrected chi connectivity index (χ4v) is 2.63. The summed E-state index contributed by atoms with van der Waals surface area (Å²) in [6.45, 7) is 4.25. The molecule has 142 valence electrons. The third-order valence-corrected chi connectivity index (χ3v) is 4.31. The summed E-state index contributed by atoms with van der Waals surface area (Å²) in [6, 6.07) is 12.0. The lowest BCUT2D eigenvalue weighted by atomic mass is 9.83. The van der Waals surface area contributed by atoms with Gasteiger partial charge in [-0.1, -0.05) is 6.07 Å². The van der Waals surface area contributed by atoms with E-state index in [2.05, 4.69) is 5.32 Å². The highest BCUT2D eigenvalue weighted by Gasteiger charge is 2.31. The van der Waals surface area contributed by atoms with E-state index in [0.29, 0.717) is 36.1 Å². The van der Waals surface area contributed by atoms with Gasteiger partial charge in [-0.05, 0) is 55.8 Å². The fraction of sp³-hybridized carbons (Fsp3) is 0.300. The molecule has 0 bridgehead atoms. The lowest BCUT2D eigenvalue weighted by Crippen LogP contribution is -2.34. The third kappa shape index (κ3) is 4.31. The molecule has 0 spiro atoms. The average molecular weight is 371 g/mol. The maximum atomic E-state index is 12.8. The van der Waals surface area contributed by atoms with E-state index < -0.39 is 18.0 Å². The van der Waals surface area contributed by atoms with Crippen molar-refractivity contribution >= 4 is 17.6 Å². The highest BCUT2D eigenvalue weighted by molar-refractivity contribution is 5.98. The first-order valence-electron chi connectivity index (χ1n) is 8.52. The quantitative estimate of drug-likeness (QED) is 0.811. The smallest absolute Gasteiger partial charge is 0.341 e. The molecule has 3 rings (SSSR count). The van der Waals surface area contributed by atoms with Gasteiger partial charge in [0.05, 0.1) is 5.41 Å². The Morgan fingerprint density at radius 1 is 1.07 bits per heavy atom. The van der Waals surface area contributed by atoms with E-state index in [-0.39, 0.29) is 5.91 Å². The second-order valence-corrected chi connectivity index (χ2v) is 6.64. The largest absolute Gasteiger partial charge is 0.486 e. The van der Waals surface area contributed by atoms with Crippen LogP contribution in [-0.4, -0.2) is 36.8 Å². The highest BCUT2D eigenvalue weighted by Crippen LogP contribution is 2.35. The van der Waals surface area contributed by atoms with Gasteiger partial charge in [0.1, 0.15) is 19.0 Å². The van der Waals surface area contributed by atoms with Gasteiger partial charge in [-0.2, -0.15) is 0 Å². The Kier molecular flexibility index (Phi) is 5.21. The molecule has 0 radical (unpaired) electrons. The summed E-state index contributed by atoms with van der Waals surface area (Å²) in [5.74, 6) is 0.506. The Balaban J connectivity index is 1.70. The normalized spacial score (nSPS) is 13.0. The minimum atomic E-state index is -1.05. The number of hydrogen-bond acceptors (Lipinski definition) is 5. The number of carbonyl (C=O) groups is 2. The minimum absolute atomic E-state index is 0.182. The summed E-state index contributed by atoms with van der Waals surface area (Å²) < 4.78 is 16.2. The van der Waals surface area contributed by atoms with Gasteiger partial charge < -0.3 is 24.6 Å². The number of fused-ring (bicyclic) bond motifs is 1. The van der Waals surface area contributed by atoms with Crippen LogP contribution in [0.4, 0.5) is 5.69 Å². The predicted octanol–water partition coefficient (Wildman–Crippen LogP) is 2.84. The van der Waals surface area contributed by atoms with Crippen LogP contribution >= 0.6 is 0 Å². The lowest BCUT2D eigenvalue weighted by molar-refractivity contribution is -0.139. The van der Waals surface area contributed by atoms with Gasteiger partial charge >= 0.3 is 5.97 Å². The maximum Gasteiger partial charge on any atom is 0.341 e. The third-order valence-electron chi connectivity index (χ3n) is 4.31. The molecule has 27 heavy (non-hydrogen) atoms. The molecule has 2 aromatic rings. The molecule has 0 unspecified atom stereocenters. The molecule has 7 heteroatoms. The van der Waals surface area contributed by atoms with Crippen LogP contribution in [0.2, 0.25) is 0 Å². The molecule has 0 aliphatic carbocycles. The van der Waals surface area contributed by atoms with Gasteiger partial charge in [0.15, 0.2) is 18.1 Å². The molecular formula is C20H21NO6. The van der Waals surface area contributed by atoms with Gasteiger partial charge in [-0.25, -0.2) is 4.79 Å². The van der Waals surface area contributed by atoms with Gasteiger partial charge in [0, 0.05) is 5.69 Å². The summed E-state index contributed by atoms with van der Waals surface area (Å²) in [6.07, 6.45) is 0. The van der Waals surface area contributed by atoms with Crippen LogP contribution in [0, 0.1) is 0 Å². The monoisotopic (exact) mass is 371 g/mol. The van der Waals surface area contributed by atoms with Crippen molar-refractivity contribution in [1.29, 1.82) is 0 Å². The lowest BCUT2D eigenvalue weighted by Gasteiger charge is -2.26. The van der Waals surface area contributed by atoms with Crippen molar-refractivity contribution in [2.24, 2.45) is 0 Å². The molecule has 0 fully saturated rings. The van der Waals surface area contributed by atoms with E-state index >= 15 is 0 Å². The summed E-state index contributed by atoms with van der Waals surface area (Å²) in [5.41, 5.74) is 0.605. The van der Waals surface area contributed by atoms with Crippen LogP contribution in [0.5, 0.6) is 17.2 Å². The van der Waals surface area contributed by atoms with E-state index in [4.69, 9.17) is 19.3 Å². The summed E-state index contributed by atoms with van der Waals surface area (Å²) >= 11 is 0. The van der Waals surface area contributed by atoms with Gasteiger partial charge in [0.25, 0.3) is 0 Å². The van der Waals surface area contributed by atoms with Crippen LogP contribution in [-0.2, 0) is 15.0 Å². The van der Waals surface area contributed by atoms with E-state index in [1.165, 1.54) is 0 Å². The molecule has 1 heterocycles. The number of rotatable bonds is 6. The van der Waals surface area contributed by atoms with Crippen LogP contribution in [0.15, 0.2) is 42.5 Å². The van der Waals surface area contributed by atoms with Gasteiger partial charge in [-0.3, -0.25) is 4.79 Å². The number of ether oxygens (including phenoxy) is 3. The van der Waals surface area contributed by atoms with Crippen molar-refractivity contribution in [2.75, 3.05) is 25.1 Å². The molecule has 1 amide bonds. The van der Waals surface area contributed by atoms with Crippen molar-refractivity contribution in [1.82, 2.24) is 0 Å². The van der Waals surface area contributed by atoms with E-state index in [1.54, 1.807) is 24.3 Å². The summed E-state index contributed by atoms with van der Waals surface area (Å²) in [7, 11) is 0. The molecular weight excluding hydrogens is 350 g/mol. The first kappa shape index (κ1) is 18.6. The number of hydrogen-bond donors (Lipinski definition) is 2. The van der Waals surface area contributed by atoms with Crippen LogP contribution < -0.4 is 19.5 Å². The average Bonchev–Trinajstić information content (AvgIpc) is 2.67. The second kappa shape index (κ2) is 7.57. The molecule has 2 aromatic carbocycles. The van der Waals surface area contributed by atoms with Crippen molar-refractivity contribution in [2.45, 2.75) is 19.3 Å². The molecule has 1 aliphatic rings. The van der Waals surface area contributed by atoms with Crippen LogP contribution in [0.1, 0.15) is 19.4 Å². The zero-order valence-corrected chi connectivity index (χ0v) is 15.2. The Labute approximate surface area is 156 Å². The standard InChI is InChI=1S/C20H21NO6/c1-20(2,13-3-8-16-17(11-13)26-10-9-25-16)19(24)21-14-4-6-15(7-5-14)27-12-18(22)23/h3-8,11H,9-10,12H2,1-2H3,(H,21,24)(H,22,23). The Morgan fingerprint density at radius 2 is 1.74 bits per heavy atom. The number of anilines is 1. The molecule has 0 atom stereocenters. The van der Waals surface area contributed by atoms with E-state index in [0.717, 1.165) is 5.56 Å². The maximum absolute atomic E-state index is 12.8. The number of carboxylic acid groups (broad SMARTS) is 1. The molecule has 1 aliphatic heterocycles. The van der Waals surface area contributed by atoms with Gasteiger partial charge in [0.2, 0.25) is 5.91 Å². The molecule has 0 saturated heterocycles. The van der Waals surface area contributed by atoms with Crippen molar-refractivity contribution in [3.05, 3.63) is 48.0 Å². The number of nitrogens with one attached hydrogen (secondary N) is 1. The van der Waals surface area contributed by atoms with Crippen LogP contribution in [0.3, 0.4) is 0 Å². The Morgan fingerprint density at radius 3 is 2.41 bits per heavy atom. The zero-order chi connectivity index (χ0) is 19.4. The van der Waals surface area contributed by atoms with E-state index in [9.17, 15) is 9.59 Å². The summed E-state index contributed by atoms with van der Waals surface area (Å²) in [5, 5.41) is 11.5. The Bertz CT molecular complexity index is 844. The second-order valence-electron chi connectivity index (χ2n) is 6.64. The topological polar surface area (TPSA) is 94.1 Å². The van der Waals surface area contributed by atoms with Crippen LogP contribution in [0.25, 0.3) is 0 Å². The number of benzene rings is 2. The minimum Gasteiger partial charge on any atom is -0.486 e. The predicted molar refractivity (Wildman–Crippen MR) is 98.7 cm³/mol. The first-order valence-corrected chi connectivity index (χ1v) is 8.52. The number of amides is 1. The molecule has 0 saturated carbocycles. The molecule has 7 nitrogen and oxygen atoms in total.